The smallest absolute Gasteiger partial charge is 0.230 e. The van der Waals surface area contributed by atoms with Gasteiger partial charge in [0.2, 0.25) is 11.8 Å². The van der Waals surface area contributed by atoms with Crippen LogP contribution in [-0.4, -0.2) is 58.2 Å². The van der Waals surface area contributed by atoms with Crippen molar-refractivity contribution in [1.29, 1.82) is 0 Å². The zero-order valence-corrected chi connectivity index (χ0v) is 15.0. The third-order valence-corrected chi connectivity index (χ3v) is 6.97. The fraction of sp³-hybridized carbons (Fsp3) is 0.706. The Bertz CT molecular complexity index is 709. The lowest BCUT2D eigenvalue weighted by molar-refractivity contribution is -0.134. The Morgan fingerprint density at radius 3 is 3.12 bits per heavy atom. The molecule has 0 aromatic carbocycles. The highest BCUT2D eigenvalue weighted by Crippen LogP contribution is 2.42. The normalized spacial score (nSPS) is 30.4. The summed E-state index contributed by atoms with van der Waals surface area (Å²) >= 11 is 1.76. The summed E-state index contributed by atoms with van der Waals surface area (Å²) in [4.78, 5) is 32.0. The maximum Gasteiger partial charge on any atom is 0.230 e. The summed E-state index contributed by atoms with van der Waals surface area (Å²) in [6, 6.07) is 0. The van der Waals surface area contributed by atoms with Gasteiger partial charge in [-0.15, -0.1) is 0 Å². The largest absolute Gasteiger partial charge is 0.350 e. The molecule has 5 rings (SSSR count). The summed E-state index contributed by atoms with van der Waals surface area (Å²) in [5, 5.41) is 7.50. The maximum absolute atomic E-state index is 13.0. The minimum absolute atomic E-state index is 0.0643. The van der Waals surface area contributed by atoms with E-state index in [1.807, 2.05) is 11.1 Å². The zero-order valence-electron chi connectivity index (χ0n) is 14.2. The number of aryl methyl sites for hydroxylation is 1. The maximum atomic E-state index is 13.0. The van der Waals surface area contributed by atoms with Crippen molar-refractivity contribution >= 4 is 23.6 Å². The van der Waals surface area contributed by atoms with E-state index in [0.29, 0.717) is 26.2 Å². The molecule has 25 heavy (non-hydrogen) atoms. The second-order valence-electron chi connectivity index (χ2n) is 7.72. The SMILES string of the molecule is O=C(C1CC1)N1C[C@H]2CNC[C@@]2(C(=O)NCc2cn3c(n2)SCC3)C1. The number of hydrogen-bond donors (Lipinski definition) is 2. The predicted molar refractivity (Wildman–Crippen MR) is 92.9 cm³/mol. The number of thioether (sulfide) groups is 1. The molecule has 0 radical (unpaired) electrons. The highest BCUT2D eigenvalue weighted by Gasteiger charge is 2.56. The van der Waals surface area contributed by atoms with Crippen LogP contribution >= 0.6 is 11.8 Å². The van der Waals surface area contributed by atoms with Gasteiger partial charge in [-0.1, -0.05) is 11.8 Å². The molecule has 0 unspecified atom stereocenters. The van der Waals surface area contributed by atoms with Crippen LogP contribution in [0.25, 0.3) is 0 Å². The van der Waals surface area contributed by atoms with E-state index in [0.717, 1.165) is 42.5 Å². The highest BCUT2D eigenvalue weighted by atomic mass is 32.2. The van der Waals surface area contributed by atoms with E-state index in [9.17, 15) is 9.59 Å². The van der Waals surface area contributed by atoms with Crippen LogP contribution in [-0.2, 0) is 22.7 Å². The number of nitrogens with zero attached hydrogens (tertiary/aromatic N) is 3. The molecule has 134 valence electrons. The molecule has 8 heteroatoms. The number of rotatable bonds is 4. The first-order valence-electron chi connectivity index (χ1n) is 9.12. The second-order valence-corrected chi connectivity index (χ2v) is 8.78. The van der Waals surface area contributed by atoms with Gasteiger partial charge in [0, 0.05) is 56.5 Å². The lowest BCUT2D eigenvalue weighted by Crippen LogP contribution is -2.47. The molecule has 4 aliphatic rings. The van der Waals surface area contributed by atoms with Crippen LogP contribution in [0.5, 0.6) is 0 Å². The Morgan fingerprint density at radius 2 is 2.32 bits per heavy atom. The number of likely N-dealkylation sites (tertiary alicyclic amines) is 1. The van der Waals surface area contributed by atoms with Crippen molar-refractivity contribution in [3.8, 4) is 0 Å². The van der Waals surface area contributed by atoms with Crippen LogP contribution in [0, 0.1) is 17.3 Å². The molecule has 3 fully saturated rings. The van der Waals surface area contributed by atoms with Gasteiger partial charge < -0.3 is 20.1 Å². The number of aromatic nitrogens is 2. The van der Waals surface area contributed by atoms with Crippen molar-refractivity contribution in [3.63, 3.8) is 0 Å². The molecule has 1 aromatic rings. The van der Waals surface area contributed by atoms with Gasteiger partial charge >= 0.3 is 0 Å². The van der Waals surface area contributed by atoms with Crippen LogP contribution in [0.15, 0.2) is 11.4 Å². The second kappa shape index (κ2) is 5.74. The van der Waals surface area contributed by atoms with Crippen molar-refractivity contribution in [2.45, 2.75) is 31.1 Å². The Balaban J connectivity index is 1.27. The molecule has 4 heterocycles. The average molecular weight is 361 g/mol. The number of nitrogens with one attached hydrogen (secondary N) is 2. The first kappa shape index (κ1) is 15.7. The Kier molecular flexibility index (Phi) is 3.60. The van der Waals surface area contributed by atoms with Gasteiger partial charge in [0.15, 0.2) is 5.16 Å². The fourth-order valence-electron chi connectivity index (χ4n) is 4.39. The van der Waals surface area contributed by atoms with Gasteiger partial charge in [-0.2, -0.15) is 0 Å². The number of carbonyl (C=O) groups excluding carboxylic acids is 2. The van der Waals surface area contributed by atoms with E-state index in [-0.39, 0.29) is 23.7 Å². The molecule has 1 saturated carbocycles. The molecular formula is C17H23N5O2S. The van der Waals surface area contributed by atoms with E-state index < -0.39 is 5.41 Å². The van der Waals surface area contributed by atoms with Crippen LogP contribution in [0.2, 0.25) is 0 Å². The molecule has 0 spiro atoms. The lowest BCUT2D eigenvalue weighted by Gasteiger charge is -2.26. The van der Waals surface area contributed by atoms with Gasteiger partial charge in [-0.3, -0.25) is 9.59 Å². The molecule has 2 N–H and O–H groups in total. The zero-order chi connectivity index (χ0) is 17.0. The van der Waals surface area contributed by atoms with Crippen molar-refractivity contribution in [2.75, 3.05) is 31.9 Å². The Hall–Kier alpha value is -1.54. The third-order valence-electron chi connectivity index (χ3n) is 6.00. The molecule has 2 amide bonds. The van der Waals surface area contributed by atoms with E-state index >= 15 is 0 Å². The number of carbonyl (C=O) groups is 2. The van der Waals surface area contributed by atoms with Crippen molar-refractivity contribution in [3.05, 3.63) is 11.9 Å². The number of amides is 2. The van der Waals surface area contributed by atoms with Crippen LogP contribution < -0.4 is 10.6 Å². The van der Waals surface area contributed by atoms with Crippen LogP contribution in [0.3, 0.4) is 0 Å². The van der Waals surface area contributed by atoms with E-state index in [1.54, 1.807) is 11.8 Å². The molecule has 3 aliphatic heterocycles. The number of hydrogen-bond acceptors (Lipinski definition) is 5. The van der Waals surface area contributed by atoms with Crippen molar-refractivity contribution in [2.24, 2.45) is 17.3 Å². The first-order valence-corrected chi connectivity index (χ1v) is 10.1. The van der Waals surface area contributed by atoms with E-state index in [4.69, 9.17) is 0 Å². The van der Waals surface area contributed by atoms with Crippen LogP contribution in [0.4, 0.5) is 0 Å². The summed E-state index contributed by atoms with van der Waals surface area (Å²) in [6.07, 6.45) is 4.07. The Morgan fingerprint density at radius 1 is 1.44 bits per heavy atom. The highest BCUT2D eigenvalue weighted by molar-refractivity contribution is 7.99. The topological polar surface area (TPSA) is 79.3 Å². The van der Waals surface area contributed by atoms with E-state index in [1.165, 1.54) is 0 Å². The summed E-state index contributed by atoms with van der Waals surface area (Å²) in [6.45, 7) is 4.21. The summed E-state index contributed by atoms with van der Waals surface area (Å²) in [5.74, 6) is 1.84. The molecule has 2 atom stereocenters. The van der Waals surface area contributed by atoms with Gasteiger partial charge in [0.25, 0.3) is 0 Å². The predicted octanol–water partition coefficient (Wildman–Crippen LogP) is 0.0630. The summed E-state index contributed by atoms with van der Waals surface area (Å²) in [7, 11) is 0. The third kappa shape index (κ3) is 2.57. The van der Waals surface area contributed by atoms with Crippen molar-refractivity contribution < 1.29 is 9.59 Å². The first-order chi connectivity index (χ1) is 12.2. The molecule has 7 nitrogen and oxygen atoms in total. The molecular weight excluding hydrogens is 338 g/mol. The number of fused-ring (bicyclic) bond motifs is 2. The van der Waals surface area contributed by atoms with Crippen LogP contribution in [0.1, 0.15) is 18.5 Å². The average Bonchev–Trinajstić information content (AvgIpc) is 2.92. The minimum Gasteiger partial charge on any atom is -0.350 e. The fourth-order valence-corrected chi connectivity index (χ4v) is 5.35. The summed E-state index contributed by atoms with van der Waals surface area (Å²) in [5.41, 5.74) is 0.445. The van der Waals surface area contributed by atoms with Gasteiger partial charge in [0.1, 0.15) is 0 Å². The Labute approximate surface area is 150 Å². The van der Waals surface area contributed by atoms with Gasteiger partial charge in [0.05, 0.1) is 17.7 Å². The van der Waals surface area contributed by atoms with E-state index in [2.05, 4.69) is 20.2 Å². The lowest BCUT2D eigenvalue weighted by atomic mass is 9.80. The van der Waals surface area contributed by atoms with Gasteiger partial charge in [-0.25, -0.2) is 4.98 Å². The monoisotopic (exact) mass is 361 g/mol. The minimum atomic E-state index is -0.470. The quantitative estimate of drug-likeness (QED) is 0.793. The van der Waals surface area contributed by atoms with Crippen molar-refractivity contribution in [1.82, 2.24) is 25.1 Å². The molecule has 1 aromatic heterocycles. The van der Waals surface area contributed by atoms with Gasteiger partial charge in [-0.05, 0) is 12.8 Å². The summed E-state index contributed by atoms with van der Waals surface area (Å²) < 4.78 is 2.15. The number of imidazole rings is 1. The molecule has 1 aliphatic carbocycles. The molecule has 0 bridgehead atoms. The standard InChI is InChI=1S/C17H23N5O2S/c23-14(11-1-2-11)22-7-12-5-18-9-17(12,10-22)15(24)19-6-13-8-21-3-4-25-16(21)20-13/h8,11-12,18H,1-7,9-10H2,(H,19,24)/t12-,17-/m1/s1. The molecule has 2 saturated heterocycles.